The van der Waals surface area contributed by atoms with E-state index in [9.17, 15) is 22.8 Å². The summed E-state index contributed by atoms with van der Waals surface area (Å²) >= 11 is 5.70. The summed E-state index contributed by atoms with van der Waals surface area (Å²) in [7, 11) is 0. The predicted molar refractivity (Wildman–Crippen MR) is 117 cm³/mol. The van der Waals surface area contributed by atoms with E-state index in [0.717, 1.165) is 6.07 Å². The Balaban J connectivity index is 1.35. The fraction of sp³-hybridized carbons (Fsp3) is 0.227. The average Bonchev–Trinajstić information content (AvgIpc) is 3.60. The molecule has 0 spiro atoms. The van der Waals surface area contributed by atoms with Crippen molar-refractivity contribution < 1.29 is 22.8 Å². The number of pyridine rings is 1. The predicted octanol–water partition coefficient (Wildman–Crippen LogP) is 3.87. The Bertz CT molecular complexity index is 1200. The van der Waals surface area contributed by atoms with Gasteiger partial charge in [0, 0.05) is 17.4 Å². The Hall–Kier alpha value is -3.73. The third kappa shape index (κ3) is 5.42. The molecule has 2 amide bonds. The Morgan fingerprint density at radius 3 is 2.41 bits per heavy atom. The number of alkyl halides is 3. The molecule has 12 heteroatoms. The number of halogens is 4. The van der Waals surface area contributed by atoms with Crippen molar-refractivity contribution in [2.75, 3.05) is 5.32 Å². The molecular formula is C22H18ClF3N6O2. The summed E-state index contributed by atoms with van der Waals surface area (Å²) in [5.74, 6) is -0.792. The molecule has 3 N–H and O–H groups in total. The van der Waals surface area contributed by atoms with Gasteiger partial charge in [-0.05, 0) is 43.2 Å². The molecule has 34 heavy (non-hydrogen) atoms. The SMILES string of the molecule is O=C(NC1(C(=O)NCc2ccc(Nc3ccc(Cl)cc3C(F)(F)F)cn2)CC1)c1cncnc1. The summed E-state index contributed by atoms with van der Waals surface area (Å²) in [5, 5.41) is 8.11. The number of anilines is 2. The van der Waals surface area contributed by atoms with Gasteiger partial charge in [0.15, 0.2) is 0 Å². The van der Waals surface area contributed by atoms with E-state index in [1.807, 2.05) is 0 Å². The highest BCUT2D eigenvalue weighted by Crippen LogP contribution is 2.38. The van der Waals surface area contributed by atoms with Gasteiger partial charge < -0.3 is 16.0 Å². The zero-order valence-electron chi connectivity index (χ0n) is 17.5. The number of carbonyl (C=O) groups excluding carboxylic acids is 2. The fourth-order valence-electron chi connectivity index (χ4n) is 3.20. The van der Waals surface area contributed by atoms with Crippen molar-refractivity contribution in [3.8, 4) is 0 Å². The molecule has 0 atom stereocenters. The molecular weight excluding hydrogens is 473 g/mol. The number of carbonyl (C=O) groups is 2. The number of benzene rings is 1. The van der Waals surface area contributed by atoms with Gasteiger partial charge in [0.2, 0.25) is 5.91 Å². The first-order chi connectivity index (χ1) is 16.2. The Kier molecular flexibility index (Phi) is 6.38. The summed E-state index contributed by atoms with van der Waals surface area (Å²) in [6, 6.07) is 6.56. The van der Waals surface area contributed by atoms with Crippen LogP contribution in [-0.2, 0) is 17.5 Å². The van der Waals surface area contributed by atoms with Gasteiger partial charge in [-0.3, -0.25) is 14.6 Å². The molecule has 3 aromatic rings. The minimum absolute atomic E-state index is 0.0242. The third-order valence-electron chi connectivity index (χ3n) is 5.18. The zero-order valence-corrected chi connectivity index (χ0v) is 18.2. The number of rotatable bonds is 7. The van der Waals surface area contributed by atoms with Gasteiger partial charge in [-0.2, -0.15) is 13.2 Å². The number of nitrogens with zero attached hydrogens (tertiary/aromatic N) is 3. The highest BCUT2D eigenvalue weighted by atomic mass is 35.5. The molecule has 1 aromatic carbocycles. The first-order valence-electron chi connectivity index (χ1n) is 10.1. The molecule has 2 heterocycles. The molecule has 1 fully saturated rings. The molecule has 0 unspecified atom stereocenters. The van der Waals surface area contributed by atoms with Crippen LogP contribution < -0.4 is 16.0 Å². The minimum atomic E-state index is -4.58. The maximum atomic E-state index is 13.3. The van der Waals surface area contributed by atoms with Gasteiger partial charge in [0.05, 0.1) is 40.9 Å². The van der Waals surface area contributed by atoms with Crippen LogP contribution in [0.4, 0.5) is 24.5 Å². The third-order valence-corrected chi connectivity index (χ3v) is 5.42. The van der Waals surface area contributed by atoms with Crippen LogP contribution in [-0.4, -0.2) is 32.3 Å². The van der Waals surface area contributed by atoms with E-state index in [-0.39, 0.29) is 28.7 Å². The van der Waals surface area contributed by atoms with Gasteiger partial charge in [-0.1, -0.05) is 11.6 Å². The normalized spacial score (nSPS) is 14.2. The van der Waals surface area contributed by atoms with E-state index >= 15 is 0 Å². The van der Waals surface area contributed by atoms with Crippen molar-refractivity contribution in [3.63, 3.8) is 0 Å². The standard InChI is InChI=1S/C22H18ClF3N6O2/c23-14-1-4-18(17(7-14)22(24,25)26)31-16-3-2-15(29-11-16)10-30-20(34)21(5-6-21)32-19(33)13-8-27-12-28-9-13/h1-4,7-9,11-12,31H,5-6,10H2,(H,30,34)(H,32,33). The highest BCUT2D eigenvalue weighted by Gasteiger charge is 2.51. The average molecular weight is 491 g/mol. The number of nitrogens with one attached hydrogen (secondary N) is 3. The number of hydrogen-bond donors (Lipinski definition) is 3. The lowest BCUT2D eigenvalue weighted by Gasteiger charge is -2.17. The smallest absolute Gasteiger partial charge is 0.354 e. The summed E-state index contributed by atoms with van der Waals surface area (Å²) in [5.41, 5.74) is -0.966. The van der Waals surface area contributed by atoms with Crippen molar-refractivity contribution in [2.45, 2.75) is 31.1 Å². The number of amides is 2. The van der Waals surface area contributed by atoms with Crippen molar-refractivity contribution in [1.29, 1.82) is 0 Å². The van der Waals surface area contributed by atoms with Crippen LogP contribution >= 0.6 is 11.6 Å². The monoisotopic (exact) mass is 490 g/mol. The van der Waals surface area contributed by atoms with Crippen LogP contribution in [0, 0.1) is 0 Å². The van der Waals surface area contributed by atoms with Crippen molar-refractivity contribution in [2.24, 2.45) is 0 Å². The van der Waals surface area contributed by atoms with Crippen LogP contribution in [0.2, 0.25) is 5.02 Å². The lowest BCUT2D eigenvalue weighted by Crippen LogP contribution is -2.48. The van der Waals surface area contributed by atoms with Crippen molar-refractivity contribution >= 4 is 34.8 Å². The van der Waals surface area contributed by atoms with E-state index in [1.54, 1.807) is 12.1 Å². The molecule has 1 aliphatic rings. The zero-order chi connectivity index (χ0) is 24.3. The van der Waals surface area contributed by atoms with Crippen LogP contribution in [0.25, 0.3) is 0 Å². The molecule has 0 saturated heterocycles. The van der Waals surface area contributed by atoms with Gasteiger partial charge >= 0.3 is 6.18 Å². The molecule has 8 nitrogen and oxygen atoms in total. The van der Waals surface area contributed by atoms with E-state index in [1.165, 1.54) is 37.1 Å². The number of aromatic nitrogens is 3. The minimum Gasteiger partial charge on any atom is -0.354 e. The maximum Gasteiger partial charge on any atom is 0.418 e. The van der Waals surface area contributed by atoms with Crippen LogP contribution in [0.15, 0.2) is 55.2 Å². The molecule has 0 bridgehead atoms. The lowest BCUT2D eigenvalue weighted by atomic mass is 10.1. The Morgan fingerprint density at radius 1 is 1.06 bits per heavy atom. The Morgan fingerprint density at radius 2 is 1.79 bits per heavy atom. The summed E-state index contributed by atoms with van der Waals surface area (Å²) in [6.45, 7) is 0.0833. The fourth-order valence-corrected chi connectivity index (χ4v) is 3.37. The van der Waals surface area contributed by atoms with Gasteiger partial charge in [0.1, 0.15) is 11.9 Å². The van der Waals surface area contributed by atoms with E-state index in [2.05, 4.69) is 30.9 Å². The van der Waals surface area contributed by atoms with Gasteiger partial charge in [-0.25, -0.2) is 9.97 Å². The quantitative estimate of drug-likeness (QED) is 0.464. The molecule has 1 saturated carbocycles. The van der Waals surface area contributed by atoms with E-state index in [4.69, 9.17) is 11.6 Å². The molecule has 1 aliphatic carbocycles. The number of hydrogen-bond acceptors (Lipinski definition) is 6. The van der Waals surface area contributed by atoms with Crippen molar-refractivity contribution in [1.82, 2.24) is 25.6 Å². The summed E-state index contributed by atoms with van der Waals surface area (Å²) in [4.78, 5) is 36.7. The first-order valence-corrected chi connectivity index (χ1v) is 10.5. The summed E-state index contributed by atoms with van der Waals surface area (Å²) < 4.78 is 39.8. The largest absolute Gasteiger partial charge is 0.418 e. The second-order valence-electron chi connectivity index (χ2n) is 7.70. The van der Waals surface area contributed by atoms with E-state index in [0.29, 0.717) is 24.2 Å². The van der Waals surface area contributed by atoms with Gasteiger partial charge in [0.25, 0.3) is 5.91 Å². The lowest BCUT2D eigenvalue weighted by molar-refractivity contribution is -0.137. The van der Waals surface area contributed by atoms with Crippen LogP contribution in [0.5, 0.6) is 0 Å². The molecule has 176 valence electrons. The second-order valence-corrected chi connectivity index (χ2v) is 8.13. The summed E-state index contributed by atoms with van der Waals surface area (Å²) in [6.07, 6.45) is 1.80. The first kappa shape index (κ1) is 23.4. The highest BCUT2D eigenvalue weighted by molar-refractivity contribution is 6.30. The van der Waals surface area contributed by atoms with Gasteiger partial charge in [-0.15, -0.1) is 0 Å². The van der Waals surface area contributed by atoms with Crippen LogP contribution in [0.1, 0.15) is 34.5 Å². The second kappa shape index (κ2) is 9.26. The molecule has 0 aliphatic heterocycles. The molecule has 2 aromatic heterocycles. The Labute approximate surface area is 197 Å². The molecule has 4 rings (SSSR count). The molecule has 0 radical (unpaired) electrons. The van der Waals surface area contributed by atoms with Crippen LogP contribution in [0.3, 0.4) is 0 Å². The van der Waals surface area contributed by atoms with Crippen molar-refractivity contribution in [3.05, 3.63) is 77.1 Å². The maximum absolute atomic E-state index is 13.3. The topological polar surface area (TPSA) is 109 Å². The van der Waals surface area contributed by atoms with E-state index < -0.39 is 23.2 Å².